The Morgan fingerprint density at radius 1 is 1.52 bits per heavy atom. The summed E-state index contributed by atoms with van der Waals surface area (Å²) in [6, 6.07) is 3.01. The molecule has 1 aliphatic rings. The van der Waals surface area contributed by atoms with Crippen molar-refractivity contribution < 1.29 is 14.4 Å². The Morgan fingerprint density at radius 2 is 2.38 bits per heavy atom. The van der Waals surface area contributed by atoms with Gasteiger partial charge in [-0.1, -0.05) is 6.92 Å². The van der Waals surface area contributed by atoms with Gasteiger partial charge in [0.05, 0.1) is 11.0 Å². The molecule has 21 heavy (non-hydrogen) atoms. The molecule has 0 aromatic carbocycles. The summed E-state index contributed by atoms with van der Waals surface area (Å²) in [6.45, 7) is 3.82. The molecule has 0 saturated carbocycles. The van der Waals surface area contributed by atoms with Gasteiger partial charge in [0.25, 0.3) is 5.88 Å². The van der Waals surface area contributed by atoms with Crippen molar-refractivity contribution in [3.8, 4) is 5.88 Å². The van der Waals surface area contributed by atoms with Crippen LogP contribution in [0.15, 0.2) is 12.1 Å². The second-order valence-corrected chi connectivity index (χ2v) is 5.00. The van der Waals surface area contributed by atoms with Crippen molar-refractivity contribution in [3.63, 3.8) is 0 Å². The monoisotopic (exact) mass is 295 g/mol. The predicted octanol–water partition coefficient (Wildman–Crippen LogP) is 2.76. The second-order valence-electron chi connectivity index (χ2n) is 5.00. The van der Waals surface area contributed by atoms with E-state index < -0.39 is 4.92 Å². The molecule has 7 heteroatoms. The van der Waals surface area contributed by atoms with Gasteiger partial charge in [-0.25, -0.2) is 0 Å². The zero-order valence-electron chi connectivity index (χ0n) is 12.2. The molecule has 1 saturated heterocycles. The minimum Gasteiger partial charge on any atom is -0.470 e. The Balaban J connectivity index is 2.04. The quantitative estimate of drug-likeness (QED) is 0.615. The number of anilines is 1. The van der Waals surface area contributed by atoms with Gasteiger partial charge in [0.2, 0.25) is 0 Å². The van der Waals surface area contributed by atoms with Gasteiger partial charge >= 0.3 is 5.69 Å². The van der Waals surface area contributed by atoms with Gasteiger partial charge in [0.1, 0.15) is 12.4 Å². The van der Waals surface area contributed by atoms with Gasteiger partial charge in [0, 0.05) is 19.2 Å². The highest BCUT2D eigenvalue weighted by molar-refractivity contribution is 5.49. The Kier molecular flexibility index (Phi) is 5.74. The van der Waals surface area contributed by atoms with Crippen molar-refractivity contribution in [3.05, 3.63) is 22.2 Å². The molecule has 0 radical (unpaired) electrons. The van der Waals surface area contributed by atoms with E-state index in [0.717, 1.165) is 38.8 Å². The van der Waals surface area contributed by atoms with E-state index in [1.807, 2.05) is 6.92 Å². The Morgan fingerprint density at radius 3 is 3.05 bits per heavy atom. The summed E-state index contributed by atoms with van der Waals surface area (Å²) < 4.78 is 11.1. The van der Waals surface area contributed by atoms with Gasteiger partial charge in [0.15, 0.2) is 0 Å². The van der Waals surface area contributed by atoms with Crippen LogP contribution in [0.1, 0.15) is 32.6 Å². The Bertz CT molecular complexity index is 475. The number of hydrogen-bond donors (Lipinski definition) is 1. The Labute approximate surface area is 123 Å². The topological polar surface area (TPSA) is 86.5 Å². The highest BCUT2D eigenvalue weighted by Crippen LogP contribution is 2.27. The second kappa shape index (κ2) is 7.78. The fourth-order valence-electron chi connectivity index (χ4n) is 2.14. The minimum absolute atomic E-state index is 0.00703. The number of ether oxygens (including phenoxy) is 2. The SMILES string of the molecule is CCCNc1ccc([N+](=O)[O-])c(OCC2CCCCO2)n1. The molecule has 1 aromatic rings. The van der Waals surface area contributed by atoms with Crippen LogP contribution in [0.3, 0.4) is 0 Å². The lowest BCUT2D eigenvalue weighted by atomic mass is 10.1. The van der Waals surface area contributed by atoms with Crippen LogP contribution in [0.5, 0.6) is 5.88 Å². The number of pyridine rings is 1. The van der Waals surface area contributed by atoms with E-state index in [1.54, 1.807) is 6.07 Å². The van der Waals surface area contributed by atoms with Crippen molar-refractivity contribution >= 4 is 11.5 Å². The molecule has 2 heterocycles. The van der Waals surface area contributed by atoms with Gasteiger partial charge in [-0.2, -0.15) is 4.98 Å². The molecule has 0 amide bonds. The normalized spacial score (nSPS) is 18.2. The van der Waals surface area contributed by atoms with Crippen LogP contribution < -0.4 is 10.1 Å². The number of rotatable bonds is 7. The summed E-state index contributed by atoms with van der Waals surface area (Å²) in [7, 11) is 0. The third-order valence-electron chi connectivity index (χ3n) is 3.27. The lowest BCUT2D eigenvalue weighted by molar-refractivity contribution is -0.386. The average Bonchev–Trinajstić information content (AvgIpc) is 2.51. The number of nitrogens with zero attached hydrogens (tertiary/aromatic N) is 2. The van der Waals surface area contributed by atoms with E-state index in [0.29, 0.717) is 12.4 Å². The molecule has 7 nitrogen and oxygen atoms in total. The van der Waals surface area contributed by atoms with Crippen LogP contribution >= 0.6 is 0 Å². The fraction of sp³-hybridized carbons (Fsp3) is 0.643. The number of nitro groups is 1. The smallest absolute Gasteiger partial charge is 0.331 e. The summed E-state index contributed by atoms with van der Waals surface area (Å²) in [6.07, 6.45) is 4.02. The maximum atomic E-state index is 11.0. The van der Waals surface area contributed by atoms with Crippen molar-refractivity contribution in [2.75, 3.05) is 25.1 Å². The van der Waals surface area contributed by atoms with E-state index in [4.69, 9.17) is 9.47 Å². The third-order valence-corrected chi connectivity index (χ3v) is 3.27. The van der Waals surface area contributed by atoms with E-state index in [1.165, 1.54) is 6.07 Å². The molecule has 0 spiro atoms. The third kappa shape index (κ3) is 4.56. The predicted molar refractivity (Wildman–Crippen MR) is 78.8 cm³/mol. The van der Waals surface area contributed by atoms with Crippen LogP contribution in [0.4, 0.5) is 11.5 Å². The van der Waals surface area contributed by atoms with Crippen molar-refractivity contribution in [1.29, 1.82) is 0 Å². The summed E-state index contributed by atoms with van der Waals surface area (Å²) >= 11 is 0. The molecule has 1 unspecified atom stereocenters. The molecule has 1 aliphatic heterocycles. The summed E-state index contributed by atoms with van der Waals surface area (Å²) in [5.41, 5.74) is -0.118. The van der Waals surface area contributed by atoms with Crippen LogP contribution in [-0.2, 0) is 4.74 Å². The van der Waals surface area contributed by atoms with Gasteiger partial charge in [-0.15, -0.1) is 0 Å². The highest BCUT2D eigenvalue weighted by Gasteiger charge is 2.21. The molecule has 1 aromatic heterocycles. The van der Waals surface area contributed by atoms with Crippen molar-refractivity contribution in [2.24, 2.45) is 0 Å². The lowest BCUT2D eigenvalue weighted by Gasteiger charge is -2.22. The molecule has 2 rings (SSSR count). The van der Waals surface area contributed by atoms with Gasteiger partial charge in [-0.3, -0.25) is 10.1 Å². The van der Waals surface area contributed by atoms with Crippen molar-refractivity contribution in [1.82, 2.24) is 4.98 Å². The number of hydrogen-bond acceptors (Lipinski definition) is 6. The maximum Gasteiger partial charge on any atom is 0.331 e. The van der Waals surface area contributed by atoms with Gasteiger partial charge in [-0.05, 0) is 31.7 Å². The molecular weight excluding hydrogens is 274 g/mol. The lowest BCUT2D eigenvalue weighted by Crippen LogP contribution is -2.26. The van der Waals surface area contributed by atoms with Crippen LogP contribution in [0.25, 0.3) is 0 Å². The van der Waals surface area contributed by atoms with E-state index in [2.05, 4.69) is 10.3 Å². The minimum atomic E-state index is -0.479. The zero-order chi connectivity index (χ0) is 15.1. The molecule has 1 atom stereocenters. The molecule has 0 bridgehead atoms. The first-order chi connectivity index (χ1) is 10.2. The summed E-state index contributed by atoms with van der Waals surface area (Å²) in [4.78, 5) is 14.7. The Hall–Kier alpha value is -1.89. The fourth-order valence-corrected chi connectivity index (χ4v) is 2.14. The van der Waals surface area contributed by atoms with E-state index in [9.17, 15) is 10.1 Å². The van der Waals surface area contributed by atoms with E-state index in [-0.39, 0.29) is 17.7 Å². The number of nitrogens with one attached hydrogen (secondary N) is 1. The first-order valence-corrected chi connectivity index (χ1v) is 7.34. The summed E-state index contributed by atoms with van der Waals surface area (Å²) in [5.74, 6) is 0.636. The molecule has 116 valence electrons. The largest absolute Gasteiger partial charge is 0.470 e. The van der Waals surface area contributed by atoms with Crippen LogP contribution in [0, 0.1) is 10.1 Å². The van der Waals surface area contributed by atoms with Gasteiger partial charge < -0.3 is 14.8 Å². The van der Waals surface area contributed by atoms with E-state index >= 15 is 0 Å². The number of aromatic nitrogens is 1. The molecule has 0 aliphatic carbocycles. The molecule has 1 fully saturated rings. The van der Waals surface area contributed by atoms with Crippen LogP contribution in [-0.4, -0.2) is 35.8 Å². The molecular formula is C14H21N3O4. The highest BCUT2D eigenvalue weighted by atomic mass is 16.6. The standard InChI is InChI=1S/C14H21N3O4/c1-2-8-15-13-7-6-12(17(18)19)14(16-13)21-10-11-5-3-4-9-20-11/h6-7,11H,2-5,8-10H2,1H3,(H,15,16). The summed E-state index contributed by atoms with van der Waals surface area (Å²) in [5, 5.41) is 14.1. The zero-order valence-corrected chi connectivity index (χ0v) is 12.2. The van der Waals surface area contributed by atoms with Crippen LogP contribution in [0.2, 0.25) is 0 Å². The first-order valence-electron chi connectivity index (χ1n) is 7.34. The van der Waals surface area contributed by atoms with Crippen molar-refractivity contribution in [2.45, 2.75) is 38.7 Å². The average molecular weight is 295 g/mol. The maximum absolute atomic E-state index is 11.0. The first kappa shape index (κ1) is 15.5. The molecule has 1 N–H and O–H groups in total.